The summed E-state index contributed by atoms with van der Waals surface area (Å²) < 4.78 is 31.8. The van der Waals surface area contributed by atoms with Crippen LogP contribution in [0.1, 0.15) is 92.1 Å². The fraction of sp³-hybridized carbons (Fsp3) is 0.420. The number of pyridine rings is 2. The van der Waals surface area contributed by atoms with Gasteiger partial charge in [0.05, 0.1) is 104 Å². The molecule has 0 spiro atoms. The molecule has 71 heavy (non-hydrogen) atoms. The highest BCUT2D eigenvalue weighted by atomic mass is 19.1. The predicted molar refractivity (Wildman–Crippen MR) is 262 cm³/mol. The summed E-state index contributed by atoms with van der Waals surface area (Å²) in [5.74, 6) is -0.963. The van der Waals surface area contributed by atoms with Gasteiger partial charge in [-0.3, -0.25) is 24.4 Å². The van der Waals surface area contributed by atoms with Crippen molar-refractivity contribution in [1.82, 2.24) is 50.0 Å². The largest absolute Gasteiger partial charge is 0.387 e. The van der Waals surface area contributed by atoms with Crippen LogP contribution in [0.5, 0.6) is 0 Å². The van der Waals surface area contributed by atoms with Crippen molar-refractivity contribution in [2.45, 2.75) is 95.9 Å². The number of hydrogen-bond donors (Lipinski definition) is 7. The number of nitrogens with one attached hydrogen (secondary N) is 5. The number of fused-ring (bicyclic) bond motifs is 2. The lowest BCUT2D eigenvalue weighted by Gasteiger charge is -2.32. The molecule has 21 heteroatoms. The number of hydrogen-bond acceptors (Lipinski definition) is 14. The molecule has 6 aromatic heterocycles. The van der Waals surface area contributed by atoms with Crippen LogP contribution in [0.2, 0.25) is 0 Å². The van der Waals surface area contributed by atoms with Gasteiger partial charge in [0.2, 0.25) is 5.91 Å². The minimum atomic E-state index is -1.65. The molecule has 6 aromatic rings. The molecule has 3 amide bonds. The molecule has 2 saturated heterocycles. The first-order valence-electron chi connectivity index (χ1n) is 23.4. The maximum atomic E-state index is 14.3. The van der Waals surface area contributed by atoms with E-state index >= 15 is 0 Å². The molecule has 0 aromatic carbocycles. The number of nitriles is 2. The average Bonchev–Trinajstić information content (AvgIpc) is 3.99. The van der Waals surface area contributed by atoms with Crippen molar-refractivity contribution in [2.75, 3.05) is 49.9 Å². The molecule has 0 saturated carbocycles. The number of halogens is 2. The minimum absolute atomic E-state index is 0.0167. The standard InChI is InChI=1S/C26H30FN7O3.C24H28FN7O2/c1-16(35)33-8-6-18(7-9-33)32-21-11-22(23-5-4-19-10-17(12-28)13-31-34(19)23)29-14-20(21)25(36)30-15-24(27)26(2,3)37;1-24(2,34)22(25)14-29-23(33)18-13-28-20(10-19(18)31-16-5-7-27-8-6-16)21-4-3-17-9-15(11-26)12-30-32(17)21/h4-5,10-11,13-14,18,24,37H,6-9,15H2,1-3H3,(H,29,32)(H,30,36);3-4,9-10,12-13,16,22,27,34H,5-8,14H2,1-2H3,(H,28,31)(H,29,33)/t24-;22-/m11/s1. The van der Waals surface area contributed by atoms with E-state index in [2.05, 4.69) is 58.9 Å². The highest BCUT2D eigenvalue weighted by molar-refractivity contribution is 6.00. The summed E-state index contributed by atoms with van der Waals surface area (Å²) in [6.07, 6.45) is 5.80. The molecule has 0 radical (unpaired) electrons. The number of anilines is 2. The third-order valence-corrected chi connectivity index (χ3v) is 12.5. The van der Waals surface area contributed by atoms with Gasteiger partial charge in [0, 0.05) is 44.5 Å². The van der Waals surface area contributed by atoms with Crippen molar-refractivity contribution < 1.29 is 33.4 Å². The first kappa shape index (κ1) is 51.3. The Bertz CT molecular complexity index is 2970. The Balaban J connectivity index is 0.000000209. The van der Waals surface area contributed by atoms with Crippen LogP contribution in [0.15, 0.2) is 73.3 Å². The highest BCUT2D eigenvalue weighted by Crippen LogP contribution is 2.29. The lowest BCUT2D eigenvalue weighted by Crippen LogP contribution is -2.43. The van der Waals surface area contributed by atoms with Crippen molar-refractivity contribution in [2.24, 2.45) is 0 Å². The zero-order chi connectivity index (χ0) is 51.0. The Morgan fingerprint density at radius 1 is 0.704 bits per heavy atom. The number of rotatable bonds is 14. The average molecular weight is 973 g/mol. The van der Waals surface area contributed by atoms with E-state index in [4.69, 9.17) is 10.5 Å². The number of nitrogens with zero attached hydrogens (tertiary/aromatic N) is 9. The van der Waals surface area contributed by atoms with Gasteiger partial charge in [-0.1, -0.05) is 0 Å². The van der Waals surface area contributed by atoms with Gasteiger partial charge in [-0.2, -0.15) is 20.7 Å². The number of amides is 3. The van der Waals surface area contributed by atoms with Crippen molar-refractivity contribution in [3.05, 3.63) is 95.6 Å². The number of carbonyl (C=O) groups is 3. The maximum Gasteiger partial charge on any atom is 0.255 e. The third kappa shape index (κ3) is 12.6. The van der Waals surface area contributed by atoms with E-state index in [1.807, 2.05) is 24.3 Å². The summed E-state index contributed by atoms with van der Waals surface area (Å²) >= 11 is 0. The molecule has 2 aliphatic heterocycles. The molecule has 7 N–H and O–H groups in total. The SMILES string of the molecule is CC(=O)N1CCC(Nc2cc(-c3ccc4cc(C#N)cnn34)ncc2C(=O)NC[C@@H](F)C(C)(C)O)CC1.CC(C)(O)[C@H](F)CNC(=O)c1cnc(-c2ccc3cc(C#N)cnn23)cc1NC1CCNCC1. The summed E-state index contributed by atoms with van der Waals surface area (Å²) in [5, 5.41) is 61.9. The summed E-state index contributed by atoms with van der Waals surface area (Å²) in [6.45, 7) is 9.26. The second kappa shape index (κ2) is 22.0. The highest BCUT2D eigenvalue weighted by Gasteiger charge is 2.30. The van der Waals surface area contributed by atoms with Crippen LogP contribution < -0.4 is 26.6 Å². The summed E-state index contributed by atoms with van der Waals surface area (Å²) in [6, 6.07) is 18.7. The molecule has 372 valence electrons. The molecule has 19 nitrogen and oxygen atoms in total. The van der Waals surface area contributed by atoms with Crippen LogP contribution in [-0.4, -0.2) is 137 Å². The molecular formula is C50H58F2N14O5. The second-order valence-corrected chi connectivity index (χ2v) is 18.8. The second-order valence-electron chi connectivity index (χ2n) is 18.8. The van der Waals surface area contributed by atoms with Gasteiger partial charge < -0.3 is 41.7 Å². The van der Waals surface area contributed by atoms with Crippen LogP contribution in [0.25, 0.3) is 33.8 Å². The van der Waals surface area contributed by atoms with E-state index in [-0.39, 0.29) is 36.6 Å². The lowest BCUT2D eigenvalue weighted by molar-refractivity contribution is -0.129. The van der Waals surface area contributed by atoms with Gasteiger partial charge in [0.1, 0.15) is 24.5 Å². The van der Waals surface area contributed by atoms with Crippen LogP contribution in [-0.2, 0) is 4.79 Å². The van der Waals surface area contributed by atoms with Crippen LogP contribution in [0, 0.1) is 22.7 Å². The smallest absolute Gasteiger partial charge is 0.255 e. The number of likely N-dealkylation sites (tertiary alicyclic amines) is 1. The van der Waals surface area contributed by atoms with Gasteiger partial charge in [-0.15, -0.1) is 0 Å². The summed E-state index contributed by atoms with van der Waals surface area (Å²) in [7, 11) is 0. The first-order chi connectivity index (χ1) is 33.8. The zero-order valence-corrected chi connectivity index (χ0v) is 40.2. The van der Waals surface area contributed by atoms with E-state index in [0.717, 1.165) is 37.0 Å². The fourth-order valence-electron chi connectivity index (χ4n) is 8.10. The van der Waals surface area contributed by atoms with Crippen LogP contribution in [0.4, 0.5) is 20.2 Å². The fourth-order valence-corrected chi connectivity index (χ4v) is 8.10. The molecule has 0 unspecified atom stereocenters. The van der Waals surface area contributed by atoms with Gasteiger partial charge >= 0.3 is 0 Å². The topological polar surface area (TPSA) is 263 Å². The van der Waals surface area contributed by atoms with Crippen molar-refractivity contribution >= 4 is 40.1 Å². The van der Waals surface area contributed by atoms with Gasteiger partial charge in [-0.05, 0) is 115 Å². The number of aliphatic hydroxyl groups is 2. The lowest BCUT2D eigenvalue weighted by atomic mass is 10.0. The quantitative estimate of drug-likeness (QED) is 0.0774. The number of aromatic nitrogens is 6. The molecule has 8 rings (SSSR count). The molecule has 2 fully saturated rings. The minimum Gasteiger partial charge on any atom is -0.387 e. The predicted octanol–water partition coefficient (Wildman–Crippen LogP) is 4.80. The van der Waals surface area contributed by atoms with E-state index in [1.165, 1.54) is 52.5 Å². The van der Waals surface area contributed by atoms with Crippen molar-refractivity contribution in [1.29, 1.82) is 10.5 Å². The number of alkyl halides is 2. The number of carbonyl (C=O) groups excluding carboxylic acids is 3. The summed E-state index contributed by atoms with van der Waals surface area (Å²) in [4.78, 5) is 48.4. The Kier molecular flexibility index (Phi) is 15.9. The molecule has 0 bridgehead atoms. The Hall–Kier alpha value is -7.59. The van der Waals surface area contributed by atoms with E-state index < -0.39 is 35.4 Å². The van der Waals surface area contributed by atoms with E-state index in [1.54, 1.807) is 45.1 Å². The van der Waals surface area contributed by atoms with Crippen molar-refractivity contribution in [3.63, 3.8) is 0 Å². The first-order valence-corrected chi connectivity index (χ1v) is 23.4. The van der Waals surface area contributed by atoms with Gasteiger partial charge in [0.15, 0.2) is 0 Å². The molecule has 2 aliphatic rings. The number of piperidine rings is 2. The molecular weight excluding hydrogens is 915 g/mol. The maximum absolute atomic E-state index is 14.3. The van der Waals surface area contributed by atoms with Crippen molar-refractivity contribution in [3.8, 4) is 34.9 Å². The Morgan fingerprint density at radius 3 is 1.52 bits per heavy atom. The third-order valence-electron chi connectivity index (χ3n) is 12.5. The Labute approximate surface area is 409 Å². The summed E-state index contributed by atoms with van der Waals surface area (Å²) in [5.41, 5.74) is 3.43. The zero-order valence-electron chi connectivity index (χ0n) is 40.2. The molecule has 2 atom stereocenters. The normalized spacial score (nSPS) is 15.5. The Morgan fingerprint density at radius 2 is 1.13 bits per heavy atom. The molecule has 0 aliphatic carbocycles. The van der Waals surface area contributed by atoms with Crippen LogP contribution >= 0.6 is 0 Å². The van der Waals surface area contributed by atoms with Gasteiger partial charge in [-0.25, -0.2) is 17.8 Å². The monoisotopic (exact) mass is 972 g/mol. The van der Waals surface area contributed by atoms with Crippen LogP contribution in [0.3, 0.4) is 0 Å². The van der Waals surface area contributed by atoms with Gasteiger partial charge in [0.25, 0.3) is 11.8 Å². The van der Waals surface area contributed by atoms with E-state index in [0.29, 0.717) is 76.8 Å². The van der Waals surface area contributed by atoms with E-state index in [9.17, 15) is 33.4 Å². The molecule has 8 heterocycles.